The number of carbonyl (C=O) groups excluding carboxylic acids is 5. The van der Waals surface area contributed by atoms with Gasteiger partial charge in [0.1, 0.15) is 17.5 Å². The third kappa shape index (κ3) is 3.44. The molecule has 2 saturated carbocycles. The Hall–Kier alpha value is -3.45. The molecule has 0 amide bonds. The van der Waals surface area contributed by atoms with E-state index in [1.54, 1.807) is 33.8 Å². The highest BCUT2D eigenvalue weighted by Crippen LogP contribution is 2.64. The summed E-state index contributed by atoms with van der Waals surface area (Å²) in [5.74, 6) is -8.77. The molecule has 214 valence electrons. The standard InChI is InChI=1S/C34H36O7/c1-16(2)26-28(37)24(17(3)35)30(39)34(41)31(40)27-29(38)25-22(14-32(27,4)15-33(26,34)5)21(11-12-23(25)36)20-10-9-18-7-6-8-19(18)13-20/h9-13,16,24,26-27,36,41H,6-8,14-15H2,1-5H3/t24?,26?,27?,32-,33-,34+/m1/s1. The molecule has 2 aromatic carbocycles. The number of aliphatic hydroxyl groups is 1. The van der Waals surface area contributed by atoms with Crippen LogP contribution in [0.4, 0.5) is 0 Å². The van der Waals surface area contributed by atoms with Crippen LogP contribution >= 0.6 is 0 Å². The van der Waals surface area contributed by atoms with Crippen LogP contribution in [0.2, 0.25) is 0 Å². The van der Waals surface area contributed by atoms with Gasteiger partial charge in [-0.15, -0.1) is 0 Å². The van der Waals surface area contributed by atoms with Crippen molar-refractivity contribution >= 4 is 28.9 Å². The van der Waals surface area contributed by atoms with Crippen molar-refractivity contribution in [1.82, 2.24) is 0 Å². The molecule has 4 aliphatic rings. The van der Waals surface area contributed by atoms with E-state index < -0.39 is 63.1 Å². The van der Waals surface area contributed by atoms with Gasteiger partial charge in [0.15, 0.2) is 28.7 Å². The number of benzene rings is 2. The number of aromatic hydroxyl groups is 1. The second-order valence-corrected chi connectivity index (χ2v) is 13.7. The maximum Gasteiger partial charge on any atom is 0.190 e. The molecule has 0 bridgehead atoms. The lowest BCUT2D eigenvalue weighted by Gasteiger charge is -2.61. The molecule has 2 fully saturated rings. The molecular weight excluding hydrogens is 520 g/mol. The van der Waals surface area contributed by atoms with Crippen LogP contribution in [0.1, 0.15) is 74.5 Å². The predicted molar refractivity (Wildman–Crippen MR) is 150 cm³/mol. The van der Waals surface area contributed by atoms with Gasteiger partial charge < -0.3 is 10.2 Å². The van der Waals surface area contributed by atoms with Gasteiger partial charge in [-0.2, -0.15) is 0 Å². The monoisotopic (exact) mass is 556 g/mol. The van der Waals surface area contributed by atoms with Crippen molar-refractivity contribution < 1.29 is 34.2 Å². The Bertz CT molecular complexity index is 1580. The zero-order valence-electron chi connectivity index (χ0n) is 24.2. The Morgan fingerprint density at radius 2 is 1.66 bits per heavy atom. The number of aryl methyl sites for hydroxylation is 2. The Labute approximate surface area is 239 Å². The highest BCUT2D eigenvalue weighted by atomic mass is 16.3. The number of hydrogen-bond acceptors (Lipinski definition) is 7. The average molecular weight is 557 g/mol. The highest BCUT2D eigenvalue weighted by molar-refractivity contribution is 6.32. The predicted octanol–water partition coefficient (Wildman–Crippen LogP) is 4.25. The molecule has 7 heteroatoms. The largest absolute Gasteiger partial charge is 0.507 e. The molecule has 0 heterocycles. The minimum Gasteiger partial charge on any atom is -0.507 e. The fourth-order valence-electron chi connectivity index (χ4n) is 9.15. The molecule has 6 atom stereocenters. The van der Waals surface area contributed by atoms with Crippen LogP contribution in [0.25, 0.3) is 11.1 Å². The lowest BCUT2D eigenvalue weighted by molar-refractivity contribution is -0.205. The fraction of sp³-hybridized carbons (Fsp3) is 0.500. The number of Topliss-reactive ketones (excluding diaryl/α,β-unsaturated/α-hetero) is 5. The maximum atomic E-state index is 14.4. The number of phenolic OH excluding ortho intramolecular Hbond substituents is 1. The number of phenols is 1. The molecule has 6 rings (SSSR count). The molecular formula is C34H36O7. The molecule has 7 nitrogen and oxygen atoms in total. The van der Waals surface area contributed by atoms with Gasteiger partial charge in [0.05, 0.1) is 11.5 Å². The molecule has 0 aliphatic heterocycles. The third-order valence-corrected chi connectivity index (χ3v) is 10.7. The first kappa shape index (κ1) is 27.7. The highest BCUT2D eigenvalue weighted by Gasteiger charge is 2.76. The molecule has 4 aliphatic carbocycles. The van der Waals surface area contributed by atoms with Gasteiger partial charge in [0.25, 0.3) is 0 Å². The summed E-state index contributed by atoms with van der Waals surface area (Å²) in [7, 11) is 0. The average Bonchev–Trinajstić information content (AvgIpc) is 3.34. The first-order chi connectivity index (χ1) is 19.2. The fourth-order valence-corrected chi connectivity index (χ4v) is 9.15. The van der Waals surface area contributed by atoms with Crippen LogP contribution in [0.3, 0.4) is 0 Å². The van der Waals surface area contributed by atoms with Gasteiger partial charge in [-0.1, -0.05) is 52.0 Å². The number of fused-ring (bicyclic) bond motifs is 4. The van der Waals surface area contributed by atoms with Gasteiger partial charge in [0, 0.05) is 11.3 Å². The minimum absolute atomic E-state index is 0.0360. The Kier molecular flexibility index (Phi) is 5.93. The zero-order chi connectivity index (χ0) is 29.8. The Balaban J connectivity index is 1.55. The molecule has 3 unspecified atom stereocenters. The van der Waals surface area contributed by atoms with E-state index in [4.69, 9.17) is 0 Å². The summed E-state index contributed by atoms with van der Waals surface area (Å²) in [6.45, 7) is 8.08. The molecule has 0 radical (unpaired) electrons. The van der Waals surface area contributed by atoms with E-state index in [1.807, 2.05) is 6.07 Å². The summed E-state index contributed by atoms with van der Waals surface area (Å²) in [5.41, 5.74) is -0.287. The van der Waals surface area contributed by atoms with Gasteiger partial charge in [0.2, 0.25) is 0 Å². The van der Waals surface area contributed by atoms with Gasteiger partial charge in [-0.05, 0) is 84.2 Å². The van der Waals surface area contributed by atoms with Crippen molar-refractivity contribution in [3.63, 3.8) is 0 Å². The molecule has 2 N–H and O–H groups in total. The minimum atomic E-state index is -2.68. The lowest BCUT2D eigenvalue weighted by Crippen LogP contribution is -2.76. The topological polar surface area (TPSA) is 126 Å². The molecule has 0 aromatic heterocycles. The summed E-state index contributed by atoms with van der Waals surface area (Å²) in [6.07, 6.45) is 3.38. The molecule has 2 aromatic rings. The second kappa shape index (κ2) is 8.78. The number of hydrogen-bond donors (Lipinski definition) is 2. The van der Waals surface area contributed by atoms with E-state index in [0.29, 0.717) is 5.56 Å². The summed E-state index contributed by atoms with van der Waals surface area (Å²) in [4.78, 5) is 68.6. The third-order valence-electron chi connectivity index (χ3n) is 10.7. The van der Waals surface area contributed by atoms with Crippen LogP contribution in [0.15, 0.2) is 30.3 Å². The summed E-state index contributed by atoms with van der Waals surface area (Å²) in [5, 5.41) is 23.1. The van der Waals surface area contributed by atoms with Crippen LogP contribution < -0.4 is 0 Å². The lowest BCUT2D eigenvalue weighted by atomic mass is 9.40. The summed E-state index contributed by atoms with van der Waals surface area (Å²) < 4.78 is 0. The smallest absolute Gasteiger partial charge is 0.190 e. The van der Waals surface area contributed by atoms with Crippen molar-refractivity contribution in [2.45, 2.75) is 72.3 Å². The first-order valence-electron chi connectivity index (χ1n) is 14.5. The molecule has 0 saturated heterocycles. The van der Waals surface area contributed by atoms with Gasteiger partial charge >= 0.3 is 0 Å². The van der Waals surface area contributed by atoms with Gasteiger partial charge in [-0.25, -0.2) is 0 Å². The van der Waals surface area contributed by atoms with Crippen LogP contribution in [0, 0.1) is 34.5 Å². The van der Waals surface area contributed by atoms with E-state index in [2.05, 4.69) is 12.1 Å². The van der Waals surface area contributed by atoms with E-state index in [0.717, 1.165) is 37.3 Å². The van der Waals surface area contributed by atoms with E-state index in [9.17, 15) is 34.2 Å². The zero-order valence-corrected chi connectivity index (χ0v) is 24.2. The van der Waals surface area contributed by atoms with Crippen LogP contribution in [-0.4, -0.2) is 44.7 Å². The normalized spacial score (nSPS) is 34.3. The van der Waals surface area contributed by atoms with E-state index in [1.165, 1.54) is 17.2 Å². The summed E-state index contributed by atoms with van der Waals surface area (Å²) >= 11 is 0. The maximum absolute atomic E-state index is 14.4. The second-order valence-electron chi connectivity index (χ2n) is 13.7. The number of ketones is 5. The van der Waals surface area contributed by atoms with Crippen LogP contribution in [-0.2, 0) is 38.4 Å². The quantitative estimate of drug-likeness (QED) is 0.542. The van der Waals surface area contributed by atoms with Crippen molar-refractivity contribution in [3.8, 4) is 16.9 Å². The van der Waals surface area contributed by atoms with Crippen molar-refractivity contribution in [2.24, 2.45) is 34.5 Å². The summed E-state index contributed by atoms with van der Waals surface area (Å²) in [6, 6.07) is 9.52. The molecule has 41 heavy (non-hydrogen) atoms. The number of carbonyl (C=O) groups is 5. The first-order valence-corrected chi connectivity index (χ1v) is 14.5. The number of rotatable bonds is 3. The van der Waals surface area contributed by atoms with Gasteiger partial charge in [-0.3, -0.25) is 24.0 Å². The van der Waals surface area contributed by atoms with E-state index >= 15 is 0 Å². The SMILES string of the molecule is CC(=O)C1C(=O)C(C(C)C)[C@@]2(C)C[C@@]3(C)Cc4c(-c5ccc6c(c5)CCC6)ccc(O)c4C(=O)C3C(=O)[C@@]2(O)C1=O. The molecule has 0 spiro atoms. The van der Waals surface area contributed by atoms with Crippen molar-refractivity contribution in [3.05, 3.63) is 52.6 Å². The van der Waals surface area contributed by atoms with Crippen molar-refractivity contribution in [1.29, 1.82) is 0 Å². The van der Waals surface area contributed by atoms with Crippen LogP contribution in [0.5, 0.6) is 5.75 Å². The van der Waals surface area contributed by atoms with E-state index in [-0.39, 0.29) is 30.1 Å². The Morgan fingerprint density at radius 1 is 0.976 bits per heavy atom. The Morgan fingerprint density at radius 3 is 2.32 bits per heavy atom. The van der Waals surface area contributed by atoms with Crippen molar-refractivity contribution in [2.75, 3.05) is 0 Å².